The Labute approximate surface area is 141 Å². The monoisotopic (exact) mass is 326 g/mol. The molecule has 1 aromatic heterocycles. The molecule has 0 radical (unpaired) electrons. The van der Waals surface area contributed by atoms with Crippen LogP contribution in [0.15, 0.2) is 36.4 Å². The molecule has 3 rings (SSSR count). The first kappa shape index (κ1) is 16.2. The van der Waals surface area contributed by atoms with Crippen molar-refractivity contribution in [3.05, 3.63) is 47.7 Å². The molecule has 1 fully saturated rings. The first-order valence-electron chi connectivity index (χ1n) is 8.13. The molecule has 1 aliphatic carbocycles. The quantitative estimate of drug-likeness (QED) is 0.846. The zero-order valence-corrected chi connectivity index (χ0v) is 14.1. The van der Waals surface area contributed by atoms with Crippen molar-refractivity contribution >= 4 is 17.6 Å². The molecule has 0 spiro atoms. The summed E-state index contributed by atoms with van der Waals surface area (Å²) in [5.41, 5.74) is 1.81. The largest absolute Gasteiger partial charge is 0.341 e. The number of rotatable bonds is 4. The molecule has 0 unspecified atom stereocenters. The van der Waals surface area contributed by atoms with Gasteiger partial charge in [-0.2, -0.15) is 5.10 Å². The van der Waals surface area contributed by atoms with E-state index in [1.165, 1.54) is 4.68 Å². The molecule has 1 heterocycles. The van der Waals surface area contributed by atoms with Crippen LogP contribution in [0.25, 0.3) is 0 Å². The standard InChI is InChI=1S/C18H22N4O2/c1-11-9-14(11)16(13-7-5-4-6-8-13)20-18(24)17(23)19-15-10-12(2)21-22(15)3/h4-8,10-11,14,16H,9H2,1-3H3,(H,19,23)(H,20,24)/t11-,14+,16+/m0/s1. The number of hydrogen-bond acceptors (Lipinski definition) is 3. The van der Waals surface area contributed by atoms with Gasteiger partial charge in [-0.3, -0.25) is 14.3 Å². The number of benzene rings is 1. The average molecular weight is 326 g/mol. The molecule has 0 bridgehead atoms. The smallest absolute Gasteiger partial charge is 0.314 e. The van der Waals surface area contributed by atoms with Crippen LogP contribution in [-0.4, -0.2) is 21.6 Å². The van der Waals surface area contributed by atoms with Gasteiger partial charge in [0.05, 0.1) is 11.7 Å². The summed E-state index contributed by atoms with van der Waals surface area (Å²) in [6.07, 6.45) is 1.06. The number of nitrogens with one attached hydrogen (secondary N) is 2. The van der Waals surface area contributed by atoms with Gasteiger partial charge in [-0.25, -0.2) is 0 Å². The van der Waals surface area contributed by atoms with Crippen LogP contribution < -0.4 is 10.6 Å². The molecular formula is C18H22N4O2. The van der Waals surface area contributed by atoms with E-state index in [4.69, 9.17) is 0 Å². The van der Waals surface area contributed by atoms with Gasteiger partial charge in [-0.1, -0.05) is 37.3 Å². The van der Waals surface area contributed by atoms with Gasteiger partial charge in [-0.15, -0.1) is 0 Å². The SMILES string of the molecule is Cc1cc(NC(=O)C(=O)N[C@H](c2ccccc2)[C@@H]2C[C@@H]2C)n(C)n1. The predicted molar refractivity (Wildman–Crippen MR) is 91.2 cm³/mol. The highest BCUT2D eigenvalue weighted by atomic mass is 16.2. The molecule has 1 aromatic carbocycles. The van der Waals surface area contributed by atoms with Crippen molar-refractivity contribution in [3.63, 3.8) is 0 Å². The van der Waals surface area contributed by atoms with Crippen LogP contribution in [-0.2, 0) is 16.6 Å². The van der Waals surface area contributed by atoms with E-state index < -0.39 is 11.8 Å². The zero-order chi connectivity index (χ0) is 17.3. The van der Waals surface area contributed by atoms with Gasteiger partial charge in [0.1, 0.15) is 5.82 Å². The van der Waals surface area contributed by atoms with Crippen molar-refractivity contribution in [1.29, 1.82) is 0 Å². The van der Waals surface area contributed by atoms with Crippen LogP contribution in [0.4, 0.5) is 5.82 Å². The second-order valence-electron chi connectivity index (χ2n) is 6.49. The summed E-state index contributed by atoms with van der Waals surface area (Å²) in [4.78, 5) is 24.5. The van der Waals surface area contributed by atoms with Crippen molar-refractivity contribution in [2.75, 3.05) is 5.32 Å². The minimum absolute atomic E-state index is 0.132. The maximum Gasteiger partial charge on any atom is 0.314 e. The summed E-state index contributed by atoms with van der Waals surface area (Å²) in [5.74, 6) is 0.138. The van der Waals surface area contributed by atoms with Crippen LogP contribution in [0.2, 0.25) is 0 Å². The molecule has 0 saturated heterocycles. The molecule has 126 valence electrons. The van der Waals surface area contributed by atoms with E-state index in [0.29, 0.717) is 17.7 Å². The van der Waals surface area contributed by atoms with Gasteiger partial charge in [0, 0.05) is 13.1 Å². The van der Waals surface area contributed by atoms with E-state index in [2.05, 4.69) is 22.7 Å². The molecule has 6 nitrogen and oxygen atoms in total. The van der Waals surface area contributed by atoms with Crippen LogP contribution in [0.5, 0.6) is 0 Å². The fourth-order valence-corrected chi connectivity index (χ4v) is 3.02. The molecule has 2 amide bonds. The molecule has 24 heavy (non-hydrogen) atoms. The van der Waals surface area contributed by atoms with Crippen molar-refractivity contribution in [1.82, 2.24) is 15.1 Å². The fourth-order valence-electron chi connectivity index (χ4n) is 3.02. The highest BCUT2D eigenvalue weighted by Gasteiger charge is 2.41. The Kier molecular flexibility index (Phi) is 4.38. The van der Waals surface area contributed by atoms with Gasteiger partial charge < -0.3 is 10.6 Å². The van der Waals surface area contributed by atoms with Gasteiger partial charge >= 0.3 is 11.8 Å². The molecule has 3 atom stereocenters. The highest BCUT2D eigenvalue weighted by Crippen LogP contribution is 2.46. The van der Waals surface area contributed by atoms with Gasteiger partial charge in [0.15, 0.2) is 0 Å². The summed E-state index contributed by atoms with van der Waals surface area (Å²) in [5, 5.41) is 9.65. The Morgan fingerprint density at radius 1 is 1.25 bits per heavy atom. The Balaban J connectivity index is 1.69. The zero-order valence-electron chi connectivity index (χ0n) is 14.1. The van der Waals surface area contributed by atoms with E-state index in [9.17, 15) is 9.59 Å². The lowest BCUT2D eigenvalue weighted by atomic mass is 10.0. The van der Waals surface area contributed by atoms with Gasteiger partial charge in [0.2, 0.25) is 0 Å². The minimum Gasteiger partial charge on any atom is -0.341 e. The summed E-state index contributed by atoms with van der Waals surface area (Å²) < 4.78 is 1.54. The molecular weight excluding hydrogens is 304 g/mol. The topological polar surface area (TPSA) is 76.0 Å². The van der Waals surface area contributed by atoms with E-state index in [-0.39, 0.29) is 6.04 Å². The Morgan fingerprint density at radius 2 is 1.92 bits per heavy atom. The third kappa shape index (κ3) is 3.48. The number of anilines is 1. The van der Waals surface area contributed by atoms with Crippen LogP contribution in [0, 0.1) is 18.8 Å². The van der Waals surface area contributed by atoms with Crippen molar-refractivity contribution in [3.8, 4) is 0 Å². The number of carbonyl (C=O) groups excluding carboxylic acids is 2. The van der Waals surface area contributed by atoms with Crippen molar-refractivity contribution in [2.24, 2.45) is 18.9 Å². The molecule has 2 N–H and O–H groups in total. The first-order chi connectivity index (χ1) is 11.5. The van der Waals surface area contributed by atoms with E-state index in [0.717, 1.165) is 17.7 Å². The Bertz CT molecular complexity index is 754. The summed E-state index contributed by atoms with van der Waals surface area (Å²) >= 11 is 0. The highest BCUT2D eigenvalue weighted by molar-refractivity contribution is 6.39. The Morgan fingerprint density at radius 3 is 2.46 bits per heavy atom. The molecule has 6 heteroatoms. The second kappa shape index (κ2) is 6.47. The number of aryl methyl sites for hydroxylation is 2. The first-order valence-corrected chi connectivity index (χ1v) is 8.13. The van der Waals surface area contributed by atoms with E-state index in [1.54, 1.807) is 13.1 Å². The number of nitrogens with zero attached hydrogens (tertiary/aromatic N) is 2. The molecule has 0 aliphatic heterocycles. The van der Waals surface area contributed by atoms with Crippen LogP contribution in [0.3, 0.4) is 0 Å². The second-order valence-corrected chi connectivity index (χ2v) is 6.49. The lowest BCUT2D eigenvalue weighted by Crippen LogP contribution is -2.39. The normalized spacial score (nSPS) is 20.3. The summed E-state index contributed by atoms with van der Waals surface area (Å²) in [7, 11) is 1.72. The number of amides is 2. The maximum absolute atomic E-state index is 12.3. The molecule has 1 aliphatic rings. The third-order valence-corrected chi connectivity index (χ3v) is 4.49. The van der Waals surface area contributed by atoms with Crippen molar-refractivity contribution in [2.45, 2.75) is 26.3 Å². The number of aromatic nitrogens is 2. The Hall–Kier alpha value is -2.63. The third-order valence-electron chi connectivity index (χ3n) is 4.49. The number of carbonyl (C=O) groups is 2. The molecule has 2 aromatic rings. The van der Waals surface area contributed by atoms with E-state index in [1.807, 2.05) is 37.3 Å². The predicted octanol–water partition coefficient (Wildman–Crippen LogP) is 2.18. The minimum atomic E-state index is -0.674. The van der Waals surface area contributed by atoms with Gasteiger partial charge in [0.25, 0.3) is 0 Å². The van der Waals surface area contributed by atoms with Gasteiger partial charge in [-0.05, 0) is 30.7 Å². The average Bonchev–Trinajstić information content (AvgIpc) is 3.19. The lowest BCUT2D eigenvalue weighted by Gasteiger charge is -2.19. The number of hydrogen-bond donors (Lipinski definition) is 2. The maximum atomic E-state index is 12.3. The summed E-state index contributed by atoms with van der Waals surface area (Å²) in [6, 6.07) is 11.4. The lowest BCUT2D eigenvalue weighted by molar-refractivity contribution is -0.136. The van der Waals surface area contributed by atoms with Crippen LogP contribution >= 0.6 is 0 Å². The fraction of sp³-hybridized carbons (Fsp3) is 0.389. The van der Waals surface area contributed by atoms with Crippen LogP contribution in [0.1, 0.15) is 30.6 Å². The van der Waals surface area contributed by atoms with E-state index >= 15 is 0 Å². The molecule has 1 saturated carbocycles. The summed E-state index contributed by atoms with van der Waals surface area (Å²) in [6.45, 7) is 3.99. The van der Waals surface area contributed by atoms with Crippen molar-refractivity contribution < 1.29 is 9.59 Å².